The van der Waals surface area contributed by atoms with Crippen molar-refractivity contribution in [1.29, 1.82) is 0 Å². The summed E-state index contributed by atoms with van der Waals surface area (Å²) in [4.78, 5) is 23.6. The van der Waals surface area contributed by atoms with Crippen LogP contribution in [0.15, 0.2) is 36.4 Å². The van der Waals surface area contributed by atoms with E-state index in [9.17, 15) is 9.59 Å². The van der Waals surface area contributed by atoms with Crippen LogP contribution < -0.4 is 20.1 Å². The zero-order valence-corrected chi connectivity index (χ0v) is 15.9. The fourth-order valence-electron chi connectivity index (χ4n) is 2.13. The number of carbonyl (C=O) groups excluding carboxylic acids is 2. The molecule has 2 amide bonds. The molecule has 138 valence electrons. The minimum atomic E-state index is -0.804. The molecule has 0 aliphatic carbocycles. The lowest BCUT2D eigenvalue weighted by Gasteiger charge is -2.17. The van der Waals surface area contributed by atoms with Crippen LogP contribution in [0.25, 0.3) is 0 Å². The maximum absolute atomic E-state index is 12.4. The van der Waals surface area contributed by atoms with Gasteiger partial charge in [-0.15, -0.1) is 0 Å². The number of nitrogens with one attached hydrogen (secondary N) is 2. The fraction of sp³-hybridized carbons (Fsp3) is 0.222. The number of hydrogen-bond acceptors (Lipinski definition) is 4. The average Bonchev–Trinajstić information content (AvgIpc) is 2.58. The first-order chi connectivity index (χ1) is 12.3. The van der Waals surface area contributed by atoms with E-state index in [0.29, 0.717) is 32.9 Å². The van der Waals surface area contributed by atoms with Crippen LogP contribution in [0.1, 0.15) is 13.8 Å². The number of benzene rings is 2. The zero-order chi connectivity index (χ0) is 19.3. The molecule has 6 nitrogen and oxygen atoms in total. The number of anilines is 2. The number of amides is 2. The van der Waals surface area contributed by atoms with E-state index in [4.69, 9.17) is 32.7 Å². The van der Waals surface area contributed by atoms with E-state index in [0.717, 1.165) is 0 Å². The molecule has 0 aliphatic heterocycles. The second kappa shape index (κ2) is 8.78. The third kappa shape index (κ3) is 5.28. The van der Waals surface area contributed by atoms with Gasteiger partial charge in [0.05, 0.1) is 22.8 Å². The molecule has 0 saturated carbocycles. The molecule has 2 rings (SSSR count). The molecule has 0 heterocycles. The Morgan fingerprint density at radius 1 is 1.04 bits per heavy atom. The van der Waals surface area contributed by atoms with E-state index < -0.39 is 12.0 Å². The first kappa shape index (κ1) is 19.9. The number of ether oxygens (including phenoxy) is 2. The molecule has 1 unspecified atom stereocenters. The number of hydrogen-bond donors (Lipinski definition) is 2. The van der Waals surface area contributed by atoms with E-state index in [2.05, 4.69) is 10.6 Å². The van der Waals surface area contributed by atoms with Crippen molar-refractivity contribution in [3.63, 3.8) is 0 Å². The molecule has 0 bridgehead atoms. The van der Waals surface area contributed by atoms with Gasteiger partial charge in [0.2, 0.25) is 5.91 Å². The molecule has 0 spiro atoms. The third-order valence-electron chi connectivity index (χ3n) is 3.35. The predicted molar refractivity (Wildman–Crippen MR) is 102 cm³/mol. The largest absolute Gasteiger partial charge is 0.495 e. The van der Waals surface area contributed by atoms with E-state index >= 15 is 0 Å². The smallest absolute Gasteiger partial charge is 0.265 e. The van der Waals surface area contributed by atoms with Crippen LogP contribution in [0.4, 0.5) is 11.4 Å². The van der Waals surface area contributed by atoms with Crippen LogP contribution in [-0.4, -0.2) is 25.0 Å². The first-order valence-corrected chi connectivity index (χ1v) is 8.44. The van der Waals surface area contributed by atoms with Crippen LogP contribution in [0.3, 0.4) is 0 Å². The summed E-state index contributed by atoms with van der Waals surface area (Å²) in [6.07, 6.45) is -0.804. The van der Waals surface area contributed by atoms with Gasteiger partial charge in [0.25, 0.3) is 5.91 Å². The average molecular weight is 397 g/mol. The number of rotatable bonds is 6. The second-order valence-corrected chi connectivity index (χ2v) is 6.24. The Bertz CT molecular complexity index is 827. The summed E-state index contributed by atoms with van der Waals surface area (Å²) in [6, 6.07) is 9.66. The minimum absolute atomic E-state index is 0.219. The van der Waals surface area contributed by atoms with Gasteiger partial charge in [0.1, 0.15) is 11.5 Å². The van der Waals surface area contributed by atoms with Crippen LogP contribution in [0.5, 0.6) is 11.5 Å². The quantitative estimate of drug-likeness (QED) is 0.759. The summed E-state index contributed by atoms with van der Waals surface area (Å²) in [5.74, 6) is 0.258. The Labute approximate surface area is 161 Å². The molecule has 0 radical (unpaired) electrons. The lowest BCUT2D eigenvalue weighted by molar-refractivity contribution is -0.122. The second-order valence-electron chi connectivity index (χ2n) is 5.42. The van der Waals surface area contributed by atoms with Gasteiger partial charge in [-0.3, -0.25) is 9.59 Å². The van der Waals surface area contributed by atoms with Gasteiger partial charge >= 0.3 is 0 Å². The first-order valence-electron chi connectivity index (χ1n) is 7.68. The summed E-state index contributed by atoms with van der Waals surface area (Å²) in [7, 11) is 1.48. The molecule has 8 heteroatoms. The summed E-state index contributed by atoms with van der Waals surface area (Å²) in [6.45, 7) is 3.00. The maximum Gasteiger partial charge on any atom is 0.265 e. The Morgan fingerprint density at radius 2 is 1.77 bits per heavy atom. The summed E-state index contributed by atoms with van der Waals surface area (Å²) in [5.41, 5.74) is 0.944. The molecule has 2 N–H and O–H groups in total. The minimum Gasteiger partial charge on any atom is -0.495 e. The monoisotopic (exact) mass is 396 g/mol. The van der Waals surface area contributed by atoms with Crippen LogP contribution in [0.2, 0.25) is 10.0 Å². The highest BCUT2D eigenvalue weighted by Crippen LogP contribution is 2.29. The lowest BCUT2D eigenvalue weighted by atomic mass is 10.2. The highest BCUT2D eigenvalue weighted by atomic mass is 35.5. The molecule has 26 heavy (non-hydrogen) atoms. The van der Waals surface area contributed by atoms with Crippen molar-refractivity contribution in [2.75, 3.05) is 17.7 Å². The topological polar surface area (TPSA) is 76.7 Å². The highest BCUT2D eigenvalue weighted by Gasteiger charge is 2.17. The van der Waals surface area contributed by atoms with Gasteiger partial charge in [0.15, 0.2) is 6.10 Å². The summed E-state index contributed by atoms with van der Waals surface area (Å²) >= 11 is 11.8. The van der Waals surface area contributed by atoms with Gasteiger partial charge in [-0.25, -0.2) is 0 Å². The molecule has 2 aromatic carbocycles. The zero-order valence-electron chi connectivity index (χ0n) is 14.4. The third-order valence-corrected chi connectivity index (χ3v) is 4.09. The molecule has 0 saturated heterocycles. The van der Waals surface area contributed by atoms with E-state index in [1.807, 2.05) is 0 Å². The van der Waals surface area contributed by atoms with Crippen molar-refractivity contribution in [1.82, 2.24) is 0 Å². The van der Waals surface area contributed by atoms with E-state index in [1.165, 1.54) is 20.1 Å². The lowest BCUT2D eigenvalue weighted by Crippen LogP contribution is -2.30. The summed E-state index contributed by atoms with van der Waals surface area (Å²) in [5, 5.41) is 6.10. The predicted octanol–water partition coefficient (Wildman–Crippen LogP) is 4.37. The van der Waals surface area contributed by atoms with Crippen molar-refractivity contribution in [3.8, 4) is 11.5 Å². The van der Waals surface area contributed by atoms with E-state index in [1.54, 1.807) is 37.3 Å². The molecular formula is C18H18Cl2N2O4. The molecular weight excluding hydrogens is 379 g/mol. The van der Waals surface area contributed by atoms with Crippen LogP contribution in [0, 0.1) is 0 Å². The molecule has 0 fully saturated rings. The van der Waals surface area contributed by atoms with Gasteiger partial charge < -0.3 is 20.1 Å². The van der Waals surface area contributed by atoms with Crippen molar-refractivity contribution >= 4 is 46.4 Å². The maximum atomic E-state index is 12.4. The Morgan fingerprint density at radius 3 is 2.38 bits per heavy atom. The molecule has 0 aliphatic rings. The van der Waals surface area contributed by atoms with Crippen molar-refractivity contribution in [2.24, 2.45) is 0 Å². The Kier molecular flexibility index (Phi) is 6.71. The standard InChI is InChI=1S/C18H18Cl2N2O4/c1-10(26-13-5-6-14(19)15(20)9-13)18(24)22-16-8-12(21-11(2)23)4-7-17(16)25-3/h4-10H,1-3H3,(H,21,23)(H,22,24). The van der Waals surface area contributed by atoms with Crippen molar-refractivity contribution in [2.45, 2.75) is 20.0 Å². The normalized spacial score (nSPS) is 11.4. The number of carbonyl (C=O) groups is 2. The van der Waals surface area contributed by atoms with Gasteiger partial charge in [-0.1, -0.05) is 23.2 Å². The number of halogens is 2. The Hall–Kier alpha value is -2.44. The van der Waals surface area contributed by atoms with Gasteiger partial charge in [-0.05, 0) is 37.3 Å². The fourth-order valence-corrected chi connectivity index (χ4v) is 2.42. The van der Waals surface area contributed by atoms with Crippen LogP contribution in [-0.2, 0) is 9.59 Å². The highest BCUT2D eigenvalue weighted by molar-refractivity contribution is 6.42. The van der Waals surface area contributed by atoms with Gasteiger partial charge in [0, 0.05) is 18.7 Å². The van der Waals surface area contributed by atoms with Crippen molar-refractivity contribution in [3.05, 3.63) is 46.4 Å². The molecule has 0 aromatic heterocycles. The molecule has 2 aromatic rings. The van der Waals surface area contributed by atoms with Crippen molar-refractivity contribution < 1.29 is 19.1 Å². The number of methoxy groups -OCH3 is 1. The summed E-state index contributed by atoms with van der Waals surface area (Å²) < 4.78 is 10.8. The van der Waals surface area contributed by atoms with Gasteiger partial charge in [-0.2, -0.15) is 0 Å². The van der Waals surface area contributed by atoms with E-state index in [-0.39, 0.29) is 5.91 Å². The molecule has 1 atom stereocenters. The SMILES string of the molecule is COc1ccc(NC(C)=O)cc1NC(=O)C(C)Oc1ccc(Cl)c(Cl)c1. The Balaban J connectivity index is 2.11. The van der Waals surface area contributed by atoms with Crippen LogP contribution >= 0.6 is 23.2 Å².